The quantitative estimate of drug-likeness (QED) is 0.643. The summed E-state index contributed by atoms with van der Waals surface area (Å²) in [4.78, 5) is 12.4. The Bertz CT molecular complexity index is 924. The molecule has 0 saturated carbocycles. The van der Waals surface area contributed by atoms with Gasteiger partial charge in [-0.3, -0.25) is 4.79 Å². The number of carbonyl (C=O) groups is 1. The molecule has 0 unspecified atom stereocenters. The van der Waals surface area contributed by atoms with Crippen molar-refractivity contribution < 1.29 is 9.53 Å². The summed E-state index contributed by atoms with van der Waals surface area (Å²) in [5, 5.41) is 2.36. The number of Topliss-reactive ketones (excluding diaryl/α,β-unsaturated/α-hetero) is 1. The first-order chi connectivity index (χ1) is 11.1. The molecule has 0 spiro atoms. The molecule has 0 radical (unpaired) electrons. The van der Waals surface area contributed by atoms with Crippen LogP contribution in [0.5, 0.6) is 0 Å². The van der Waals surface area contributed by atoms with E-state index in [1.165, 1.54) is 16.5 Å². The van der Waals surface area contributed by atoms with Crippen LogP contribution in [0.1, 0.15) is 27.0 Å². The zero-order valence-electron chi connectivity index (χ0n) is 13.3. The van der Waals surface area contributed by atoms with Gasteiger partial charge in [0.2, 0.25) is 0 Å². The van der Waals surface area contributed by atoms with Crippen LogP contribution < -0.4 is 0 Å². The highest BCUT2D eigenvalue weighted by Gasteiger charge is 2.24. The number of carbonyl (C=O) groups excluding carboxylic acids is 1. The van der Waals surface area contributed by atoms with Crippen LogP contribution in [-0.4, -0.2) is 12.4 Å². The Hall–Kier alpha value is -2.45. The lowest BCUT2D eigenvalue weighted by Gasteiger charge is -2.22. The van der Waals surface area contributed by atoms with E-state index in [0.29, 0.717) is 6.61 Å². The van der Waals surface area contributed by atoms with E-state index in [2.05, 4.69) is 44.2 Å². The molecule has 114 valence electrons. The molecule has 0 atom stereocenters. The molecule has 0 amide bonds. The van der Waals surface area contributed by atoms with Crippen LogP contribution in [0.4, 0.5) is 0 Å². The van der Waals surface area contributed by atoms with E-state index in [4.69, 9.17) is 4.74 Å². The molecular weight excluding hydrogens is 284 g/mol. The maximum atomic E-state index is 12.4. The molecular formula is C21H18O2. The van der Waals surface area contributed by atoms with Crippen molar-refractivity contribution in [2.24, 2.45) is 0 Å². The van der Waals surface area contributed by atoms with Crippen molar-refractivity contribution in [2.45, 2.75) is 20.5 Å². The Kier molecular flexibility index (Phi) is 3.28. The van der Waals surface area contributed by atoms with E-state index in [-0.39, 0.29) is 12.4 Å². The highest BCUT2D eigenvalue weighted by Crippen LogP contribution is 2.38. The first-order valence-corrected chi connectivity index (χ1v) is 7.88. The summed E-state index contributed by atoms with van der Waals surface area (Å²) in [7, 11) is 0. The number of hydrogen-bond donors (Lipinski definition) is 0. The molecule has 0 saturated heterocycles. The van der Waals surface area contributed by atoms with Gasteiger partial charge < -0.3 is 4.74 Å². The van der Waals surface area contributed by atoms with Crippen LogP contribution in [0.3, 0.4) is 0 Å². The molecule has 1 aliphatic rings. The van der Waals surface area contributed by atoms with E-state index in [1.54, 1.807) is 0 Å². The molecule has 4 rings (SSSR count). The lowest BCUT2D eigenvalue weighted by molar-refractivity contribution is 0.0667. The summed E-state index contributed by atoms with van der Waals surface area (Å²) in [6.07, 6.45) is 0. The van der Waals surface area contributed by atoms with E-state index in [9.17, 15) is 4.79 Å². The molecule has 0 fully saturated rings. The monoisotopic (exact) mass is 302 g/mol. The molecule has 0 aromatic heterocycles. The zero-order chi connectivity index (χ0) is 16.0. The molecule has 23 heavy (non-hydrogen) atoms. The number of fused-ring (bicyclic) bond motifs is 2. The molecule has 2 nitrogen and oxygen atoms in total. The Balaban J connectivity index is 2.18. The Morgan fingerprint density at radius 1 is 0.913 bits per heavy atom. The summed E-state index contributed by atoms with van der Waals surface area (Å²) in [6, 6.07) is 16.7. The van der Waals surface area contributed by atoms with Crippen LogP contribution in [0.15, 0.2) is 48.5 Å². The zero-order valence-corrected chi connectivity index (χ0v) is 13.3. The van der Waals surface area contributed by atoms with Crippen LogP contribution >= 0.6 is 0 Å². The van der Waals surface area contributed by atoms with E-state index in [1.807, 2.05) is 18.2 Å². The minimum absolute atomic E-state index is 0.0744. The normalized spacial score (nSPS) is 14.1. The van der Waals surface area contributed by atoms with E-state index in [0.717, 1.165) is 27.6 Å². The number of aryl methyl sites for hydroxylation is 2. The van der Waals surface area contributed by atoms with Crippen molar-refractivity contribution >= 4 is 16.6 Å². The van der Waals surface area contributed by atoms with E-state index >= 15 is 0 Å². The van der Waals surface area contributed by atoms with Gasteiger partial charge in [0.1, 0.15) is 6.61 Å². The maximum Gasteiger partial charge on any atom is 0.188 e. The minimum atomic E-state index is 0.0744. The fourth-order valence-electron chi connectivity index (χ4n) is 3.56. The lowest BCUT2D eigenvalue weighted by atomic mass is 9.86. The average molecular weight is 302 g/mol. The lowest BCUT2D eigenvalue weighted by Crippen LogP contribution is -2.19. The van der Waals surface area contributed by atoms with Crippen molar-refractivity contribution in [3.05, 3.63) is 70.8 Å². The van der Waals surface area contributed by atoms with Crippen molar-refractivity contribution in [1.82, 2.24) is 0 Å². The topological polar surface area (TPSA) is 26.3 Å². The SMILES string of the molecule is Cc1cc(C)c2cc3c(c(-c4ccccc4)c2c1)COCC3=O. The van der Waals surface area contributed by atoms with Gasteiger partial charge >= 0.3 is 0 Å². The predicted molar refractivity (Wildman–Crippen MR) is 92.8 cm³/mol. The Labute approximate surface area is 135 Å². The molecule has 1 heterocycles. The molecule has 3 aromatic rings. The van der Waals surface area contributed by atoms with Gasteiger partial charge in [0.25, 0.3) is 0 Å². The summed E-state index contributed by atoms with van der Waals surface area (Å²) >= 11 is 0. The van der Waals surface area contributed by atoms with Crippen LogP contribution in [-0.2, 0) is 11.3 Å². The second-order valence-corrected chi connectivity index (χ2v) is 6.24. The molecule has 0 aliphatic carbocycles. The maximum absolute atomic E-state index is 12.4. The van der Waals surface area contributed by atoms with Gasteiger partial charge in [0, 0.05) is 5.56 Å². The van der Waals surface area contributed by atoms with Gasteiger partial charge in [-0.25, -0.2) is 0 Å². The van der Waals surface area contributed by atoms with Gasteiger partial charge in [-0.05, 0) is 52.9 Å². The standard InChI is InChI=1S/C21H18O2/c1-13-8-14(2)16-10-17-19(11-23-12-20(17)22)21(18(16)9-13)15-6-4-3-5-7-15/h3-10H,11-12H2,1-2H3. The summed E-state index contributed by atoms with van der Waals surface area (Å²) in [5.41, 5.74) is 6.55. The van der Waals surface area contributed by atoms with Crippen molar-refractivity contribution in [3.8, 4) is 11.1 Å². The molecule has 0 bridgehead atoms. The Morgan fingerprint density at radius 2 is 1.70 bits per heavy atom. The number of ether oxygens (including phenoxy) is 1. The number of hydrogen-bond acceptors (Lipinski definition) is 2. The number of rotatable bonds is 1. The smallest absolute Gasteiger partial charge is 0.188 e. The summed E-state index contributed by atoms with van der Waals surface area (Å²) in [5.74, 6) is 0.0744. The van der Waals surface area contributed by atoms with Gasteiger partial charge in [-0.1, -0.05) is 48.0 Å². The number of benzene rings is 3. The van der Waals surface area contributed by atoms with Crippen LogP contribution in [0, 0.1) is 13.8 Å². The molecule has 1 aliphatic heterocycles. The largest absolute Gasteiger partial charge is 0.369 e. The highest BCUT2D eigenvalue weighted by molar-refractivity contribution is 6.09. The molecule has 0 N–H and O–H groups in total. The van der Waals surface area contributed by atoms with Gasteiger partial charge in [0.15, 0.2) is 5.78 Å². The van der Waals surface area contributed by atoms with Crippen molar-refractivity contribution in [1.29, 1.82) is 0 Å². The third kappa shape index (κ3) is 2.27. The molecule has 2 heteroatoms. The second kappa shape index (κ2) is 5.32. The van der Waals surface area contributed by atoms with E-state index < -0.39 is 0 Å². The van der Waals surface area contributed by atoms with Crippen LogP contribution in [0.25, 0.3) is 21.9 Å². The van der Waals surface area contributed by atoms with Gasteiger partial charge in [-0.15, -0.1) is 0 Å². The van der Waals surface area contributed by atoms with Gasteiger partial charge in [0.05, 0.1) is 6.61 Å². The third-order valence-corrected chi connectivity index (χ3v) is 4.56. The van der Waals surface area contributed by atoms with Crippen molar-refractivity contribution in [2.75, 3.05) is 6.61 Å². The highest BCUT2D eigenvalue weighted by atomic mass is 16.5. The fourth-order valence-corrected chi connectivity index (χ4v) is 3.56. The van der Waals surface area contributed by atoms with Crippen LogP contribution in [0.2, 0.25) is 0 Å². The fraction of sp³-hybridized carbons (Fsp3) is 0.190. The third-order valence-electron chi connectivity index (χ3n) is 4.56. The molecule has 3 aromatic carbocycles. The summed E-state index contributed by atoms with van der Waals surface area (Å²) in [6.45, 7) is 4.90. The number of ketones is 1. The first-order valence-electron chi connectivity index (χ1n) is 7.88. The summed E-state index contributed by atoms with van der Waals surface area (Å²) < 4.78 is 5.53. The Morgan fingerprint density at radius 3 is 2.48 bits per heavy atom. The second-order valence-electron chi connectivity index (χ2n) is 6.24. The minimum Gasteiger partial charge on any atom is -0.369 e. The average Bonchev–Trinajstić information content (AvgIpc) is 2.54. The predicted octanol–water partition coefficient (Wildman–Crippen LogP) is 4.84. The first kappa shape index (κ1) is 14.2. The van der Waals surface area contributed by atoms with Gasteiger partial charge in [-0.2, -0.15) is 0 Å². The van der Waals surface area contributed by atoms with Crippen molar-refractivity contribution in [3.63, 3.8) is 0 Å².